The number of benzene rings is 1. The molecule has 0 bridgehead atoms. The van der Waals surface area contributed by atoms with E-state index in [0.29, 0.717) is 42.6 Å². The third-order valence-electron chi connectivity index (χ3n) is 8.83. The summed E-state index contributed by atoms with van der Waals surface area (Å²) in [5.74, 6) is 0.617. The lowest BCUT2D eigenvalue weighted by Gasteiger charge is -2.34. The molecule has 5 rings (SSSR count). The molecule has 2 aromatic rings. The van der Waals surface area contributed by atoms with Gasteiger partial charge in [-0.1, -0.05) is 13.5 Å². The number of aromatic nitrogens is 2. The summed E-state index contributed by atoms with van der Waals surface area (Å²) in [5.41, 5.74) is 3.05. The first-order chi connectivity index (χ1) is 19.5. The van der Waals surface area contributed by atoms with E-state index < -0.39 is 11.6 Å². The van der Waals surface area contributed by atoms with E-state index in [-0.39, 0.29) is 29.7 Å². The van der Waals surface area contributed by atoms with Crippen LogP contribution in [0.25, 0.3) is 0 Å². The lowest BCUT2D eigenvalue weighted by atomic mass is 9.88. The molecule has 41 heavy (non-hydrogen) atoms. The number of hydrogen-bond donors (Lipinski definition) is 3. The van der Waals surface area contributed by atoms with Crippen molar-refractivity contribution >= 4 is 29.1 Å². The maximum absolute atomic E-state index is 13.9. The van der Waals surface area contributed by atoms with Gasteiger partial charge in [0.2, 0.25) is 5.91 Å². The number of hydrogen-bond acceptors (Lipinski definition) is 5. The summed E-state index contributed by atoms with van der Waals surface area (Å²) in [6.07, 6.45) is 7.37. The molecule has 0 radical (unpaired) electrons. The average molecular weight is 561 g/mol. The molecule has 3 N–H and O–H groups in total. The lowest BCUT2D eigenvalue weighted by Crippen LogP contribution is -2.55. The Labute approximate surface area is 243 Å². The van der Waals surface area contributed by atoms with Gasteiger partial charge in [-0.2, -0.15) is 5.10 Å². The Balaban J connectivity index is 1.34. The Morgan fingerprint density at radius 1 is 1.12 bits per heavy atom. The molecule has 3 aliphatic rings. The number of anilines is 2. The number of rotatable bonds is 12. The Morgan fingerprint density at radius 2 is 1.80 bits per heavy atom. The minimum Gasteiger partial charge on any atom is -0.376 e. The van der Waals surface area contributed by atoms with E-state index in [4.69, 9.17) is 0 Å². The molecule has 220 valence electrons. The van der Waals surface area contributed by atoms with Crippen molar-refractivity contribution in [2.24, 2.45) is 17.8 Å². The van der Waals surface area contributed by atoms with Gasteiger partial charge in [-0.3, -0.25) is 19.1 Å². The zero-order valence-corrected chi connectivity index (χ0v) is 25.0. The van der Waals surface area contributed by atoms with Gasteiger partial charge in [-0.25, -0.2) is 0 Å². The third-order valence-corrected chi connectivity index (χ3v) is 8.83. The average Bonchev–Trinajstić information content (AvgIpc) is 3.85. The van der Waals surface area contributed by atoms with Crippen LogP contribution in [0.3, 0.4) is 0 Å². The van der Waals surface area contributed by atoms with E-state index in [1.54, 1.807) is 16.9 Å². The van der Waals surface area contributed by atoms with Crippen LogP contribution in [0.2, 0.25) is 0 Å². The van der Waals surface area contributed by atoms with Gasteiger partial charge in [0.1, 0.15) is 17.3 Å². The second-order valence-corrected chi connectivity index (χ2v) is 12.6. The van der Waals surface area contributed by atoms with Gasteiger partial charge >= 0.3 is 0 Å². The molecule has 1 aromatic heterocycles. The highest BCUT2D eigenvalue weighted by Crippen LogP contribution is 2.51. The first-order valence-electron chi connectivity index (χ1n) is 15.1. The first-order valence-corrected chi connectivity index (χ1v) is 15.1. The second kappa shape index (κ2) is 11.3. The minimum atomic E-state index is -0.739. The monoisotopic (exact) mass is 560 g/mol. The number of carbonyl (C=O) groups excluding carboxylic acids is 3. The summed E-state index contributed by atoms with van der Waals surface area (Å²) in [6.45, 7) is 14.2. The predicted molar refractivity (Wildman–Crippen MR) is 161 cm³/mol. The van der Waals surface area contributed by atoms with E-state index in [0.717, 1.165) is 42.6 Å². The molecule has 1 unspecified atom stereocenters. The van der Waals surface area contributed by atoms with E-state index in [9.17, 15) is 14.4 Å². The van der Waals surface area contributed by atoms with Crippen molar-refractivity contribution in [1.82, 2.24) is 20.4 Å². The van der Waals surface area contributed by atoms with Crippen LogP contribution in [0.5, 0.6) is 0 Å². The van der Waals surface area contributed by atoms with Gasteiger partial charge < -0.3 is 20.9 Å². The zero-order chi connectivity index (χ0) is 29.5. The Bertz CT molecular complexity index is 1330. The summed E-state index contributed by atoms with van der Waals surface area (Å²) in [4.78, 5) is 42.6. The molecule has 2 saturated carbocycles. The van der Waals surface area contributed by atoms with Crippen LogP contribution in [0.1, 0.15) is 88.8 Å². The summed E-state index contributed by atoms with van der Waals surface area (Å²) in [6, 6.07) is 6.85. The molecule has 2 aliphatic carbocycles. The summed E-state index contributed by atoms with van der Waals surface area (Å²) in [7, 11) is 0. The highest BCUT2D eigenvalue weighted by atomic mass is 16.2. The van der Waals surface area contributed by atoms with Gasteiger partial charge in [0, 0.05) is 35.9 Å². The van der Waals surface area contributed by atoms with E-state index in [1.165, 1.54) is 0 Å². The van der Waals surface area contributed by atoms with Crippen molar-refractivity contribution in [3.8, 4) is 0 Å². The molecule has 0 saturated heterocycles. The SMILES string of the molecule is C=C(C)N[C@](C)(CC)C(=O)N1CCc2cc(NC(=O)C(NC(=O)c3ccnn3C(C)C)C(C3CC3)C3CC3)ccc21. The number of allylic oxidation sites excluding steroid dienone is 1. The fraction of sp³-hybridized carbons (Fsp3) is 0.562. The topological polar surface area (TPSA) is 108 Å². The molecule has 2 atom stereocenters. The van der Waals surface area contributed by atoms with Crippen molar-refractivity contribution in [3.05, 3.63) is 54.0 Å². The smallest absolute Gasteiger partial charge is 0.270 e. The van der Waals surface area contributed by atoms with Crippen molar-refractivity contribution < 1.29 is 14.4 Å². The number of nitrogens with zero attached hydrogens (tertiary/aromatic N) is 3. The second-order valence-electron chi connectivity index (χ2n) is 12.6. The number of fused-ring (bicyclic) bond motifs is 1. The minimum absolute atomic E-state index is 0.0126. The molecule has 1 aromatic carbocycles. The third kappa shape index (κ3) is 6.04. The quantitative estimate of drug-likeness (QED) is 0.345. The summed E-state index contributed by atoms with van der Waals surface area (Å²) in [5, 5.41) is 13.8. The predicted octanol–water partition coefficient (Wildman–Crippen LogP) is 4.82. The number of amides is 3. The number of nitrogens with one attached hydrogen (secondary N) is 3. The van der Waals surface area contributed by atoms with Gasteiger partial charge in [-0.05, 0) is 114 Å². The standard InChI is InChI=1S/C32H44N6O3/c1-7-32(6,36-19(2)3)31(41)37-17-15-23-18-24(12-13-25(23)37)34-30(40)28(27(21-8-9-21)22-10-11-22)35-29(39)26-14-16-33-38(26)20(4)5/h12-14,16,18,20-22,27-28,36H,2,7-11,15,17H2,1,3-6H3,(H,34,40)(H,35,39)/t28?,32-/m1/s1. The summed E-state index contributed by atoms with van der Waals surface area (Å²) >= 11 is 0. The van der Waals surface area contributed by atoms with Crippen molar-refractivity contribution in [3.63, 3.8) is 0 Å². The highest BCUT2D eigenvalue weighted by molar-refractivity contribution is 6.03. The van der Waals surface area contributed by atoms with Gasteiger partial charge in [-0.15, -0.1) is 0 Å². The van der Waals surface area contributed by atoms with Gasteiger partial charge in [0.25, 0.3) is 11.8 Å². The van der Waals surface area contributed by atoms with Crippen LogP contribution < -0.4 is 20.9 Å². The Hall–Kier alpha value is -3.62. The molecule has 2 fully saturated rings. The van der Waals surface area contributed by atoms with Gasteiger partial charge in [0.05, 0.1) is 0 Å². The maximum atomic E-state index is 13.9. The van der Waals surface area contributed by atoms with Crippen LogP contribution in [0, 0.1) is 17.8 Å². The van der Waals surface area contributed by atoms with Crippen molar-refractivity contribution in [1.29, 1.82) is 0 Å². The molecule has 9 heteroatoms. The summed E-state index contributed by atoms with van der Waals surface area (Å²) < 4.78 is 1.69. The van der Waals surface area contributed by atoms with Crippen molar-refractivity contribution in [2.75, 3.05) is 16.8 Å². The normalized spacial score (nSPS) is 18.6. The highest BCUT2D eigenvalue weighted by Gasteiger charge is 2.48. The lowest BCUT2D eigenvalue weighted by molar-refractivity contribution is -0.124. The van der Waals surface area contributed by atoms with E-state index >= 15 is 0 Å². The number of carbonyl (C=O) groups is 3. The Kier molecular flexibility index (Phi) is 7.99. The fourth-order valence-corrected chi connectivity index (χ4v) is 6.32. The maximum Gasteiger partial charge on any atom is 0.270 e. The van der Waals surface area contributed by atoms with Crippen LogP contribution in [-0.4, -0.2) is 45.6 Å². The largest absolute Gasteiger partial charge is 0.376 e. The molecular formula is C32H44N6O3. The Morgan fingerprint density at radius 3 is 2.39 bits per heavy atom. The first kappa shape index (κ1) is 28.9. The molecule has 3 amide bonds. The van der Waals surface area contributed by atoms with Gasteiger partial charge in [0.15, 0.2) is 0 Å². The molecular weight excluding hydrogens is 516 g/mol. The fourth-order valence-electron chi connectivity index (χ4n) is 6.32. The molecule has 9 nitrogen and oxygen atoms in total. The molecule has 2 heterocycles. The molecule has 1 aliphatic heterocycles. The molecule has 0 spiro atoms. The van der Waals surface area contributed by atoms with E-state index in [1.807, 2.05) is 57.7 Å². The van der Waals surface area contributed by atoms with Crippen LogP contribution in [0.4, 0.5) is 11.4 Å². The van der Waals surface area contributed by atoms with Crippen LogP contribution in [-0.2, 0) is 16.0 Å². The van der Waals surface area contributed by atoms with Crippen LogP contribution >= 0.6 is 0 Å². The van der Waals surface area contributed by atoms with Crippen LogP contribution in [0.15, 0.2) is 42.7 Å². The zero-order valence-electron chi connectivity index (χ0n) is 25.0. The van der Waals surface area contributed by atoms with Crippen molar-refractivity contribution in [2.45, 2.75) is 90.8 Å². The van der Waals surface area contributed by atoms with E-state index in [2.05, 4.69) is 27.6 Å².